The Bertz CT molecular complexity index is 888. The van der Waals surface area contributed by atoms with Crippen molar-refractivity contribution in [3.05, 3.63) is 32.6 Å². The van der Waals surface area contributed by atoms with Gasteiger partial charge in [-0.15, -0.1) is 0 Å². The minimum Gasteiger partial charge on any atom is -0.780 e. The van der Waals surface area contributed by atoms with Crippen molar-refractivity contribution in [2.75, 3.05) is 20.8 Å². The summed E-state index contributed by atoms with van der Waals surface area (Å²) >= 11 is 9.38. The van der Waals surface area contributed by atoms with Crippen LogP contribution >= 0.6 is 13.5 Å². The summed E-state index contributed by atoms with van der Waals surface area (Å²) in [7, 11) is 2.26. The number of aromatic nitrogens is 2. The number of nitrogens with zero attached hydrogens (tertiary/aromatic N) is 1. The Balaban J connectivity index is 2.26. The van der Waals surface area contributed by atoms with Gasteiger partial charge in [0.15, 0.2) is 6.80 Å². The molecular weight excluding hydrogens is 442 g/mol. The third-order valence-corrected chi connectivity index (χ3v) is 7.10. The van der Waals surface area contributed by atoms with Crippen LogP contribution in [0.15, 0.2) is 15.8 Å². The summed E-state index contributed by atoms with van der Waals surface area (Å²) in [6, 6.07) is 0. The highest BCUT2D eigenvalue weighted by molar-refractivity contribution is 8.32. The Morgan fingerprint density at radius 2 is 2.11 bits per heavy atom. The predicted octanol–water partition coefficient (Wildman–Crippen LogP) is 0.0669. The van der Waals surface area contributed by atoms with Gasteiger partial charge >= 0.3 is 5.69 Å². The molecule has 0 aliphatic carbocycles. The van der Waals surface area contributed by atoms with Crippen LogP contribution in [0.1, 0.15) is 18.2 Å². The van der Waals surface area contributed by atoms with Crippen molar-refractivity contribution in [3.8, 4) is 0 Å². The molecule has 0 saturated carbocycles. The SMILES string of the molecule is COP(=O)([S-])OC1C[C@H](n2cc(C)c(=O)[nH]c2=O)O[C@@H]1COP([O-])(=S)OC. The minimum absolute atomic E-state index is 0.0398. The van der Waals surface area contributed by atoms with Gasteiger partial charge in [-0.3, -0.25) is 18.9 Å². The molecule has 1 fully saturated rings. The maximum atomic E-state index is 12.1. The molecule has 0 bridgehead atoms. The molecule has 11 nitrogen and oxygen atoms in total. The molecule has 3 unspecified atom stereocenters. The second-order valence-corrected chi connectivity index (χ2v) is 11.2. The third kappa shape index (κ3) is 6.07. The van der Waals surface area contributed by atoms with Gasteiger partial charge in [0.1, 0.15) is 19.1 Å². The number of rotatable bonds is 8. The number of hydrogen-bond acceptors (Lipinski definition) is 11. The molecule has 0 aromatic carbocycles. The Kier molecular flexibility index (Phi) is 7.65. The van der Waals surface area contributed by atoms with E-state index in [0.29, 0.717) is 0 Å². The smallest absolute Gasteiger partial charge is 0.330 e. The first-order valence-corrected chi connectivity index (χ1v) is 12.6. The summed E-state index contributed by atoms with van der Waals surface area (Å²) < 4.78 is 38.4. The largest absolute Gasteiger partial charge is 0.780 e. The lowest BCUT2D eigenvalue weighted by Crippen LogP contribution is -2.33. The van der Waals surface area contributed by atoms with Gasteiger partial charge < -0.3 is 40.0 Å². The number of H-pyrrole nitrogens is 1. The highest BCUT2D eigenvalue weighted by Crippen LogP contribution is 2.49. The molecule has 1 N–H and O–H groups in total. The van der Waals surface area contributed by atoms with E-state index in [0.717, 1.165) is 18.8 Å². The van der Waals surface area contributed by atoms with Gasteiger partial charge in [-0.1, -0.05) is 11.8 Å². The normalized spacial score (nSPS) is 27.2. The van der Waals surface area contributed by atoms with Crippen LogP contribution in [-0.4, -0.2) is 42.6 Å². The Morgan fingerprint density at radius 3 is 2.70 bits per heavy atom. The van der Waals surface area contributed by atoms with Crippen LogP contribution in [0.5, 0.6) is 0 Å². The molecule has 0 spiro atoms. The summed E-state index contributed by atoms with van der Waals surface area (Å²) in [6.07, 6.45) is -1.36. The summed E-state index contributed by atoms with van der Waals surface area (Å²) in [5.41, 5.74) is -0.936. The number of aryl methyl sites for hydroxylation is 1. The van der Waals surface area contributed by atoms with E-state index >= 15 is 0 Å². The van der Waals surface area contributed by atoms with Crippen molar-refractivity contribution in [2.45, 2.75) is 31.8 Å². The zero-order valence-electron chi connectivity index (χ0n) is 14.6. The van der Waals surface area contributed by atoms with Crippen LogP contribution in [0, 0.1) is 6.92 Å². The number of ether oxygens (including phenoxy) is 1. The first-order chi connectivity index (χ1) is 12.5. The van der Waals surface area contributed by atoms with E-state index in [4.69, 9.17) is 26.0 Å². The maximum absolute atomic E-state index is 12.1. The van der Waals surface area contributed by atoms with Gasteiger partial charge in [0.25, 0.3) is 5.56 Å². The minimum atomic E-state index is -3.80. The number of nitrogens with one attached hydrogen (secondary N) is 1. The molecule has 0 radical (unpaired) electrons. The molecule has 1 aromatic rings. The first kappa shape index (κ1) is 23.0. The van der Waals surface area contributed by atoms with Crippen LogP contribution < -0.4 is 16.1 Å². The van der Waals surface area contributed by atoms with Crippen molar-refractivity contribution < 1.29 is 32.3 Å². The predicted molar refractivity (Wildman–Crippen MR) is 98.7 cm³/mol. The van der Waals surface area contributed by atoms with Crippen molar-refractivity contribution in [1.82, 2.24) is 9.55 Å². The molecule has 154 valence electrons. The second kappa shape index (κ2) is 9.00. The van der Waals surface area contributed by atoms with Crippen LogP contribution in [-0.2, 0) is 51.5 Å². The first-order valence-electron chi connectivity index (χ1n) is 7.52. The molecule has 15 heteroatoms. The van der Waals surface area contributed by atoms with E-state index in [9.17, 15) is 19.0 Å². The average molecular weight is 460 g/mol. The zero-order valence-corrected chi connectivity index (χ0v) is 18.0. The van der Waals surface area contributed by atoms with Crippen molar-refractivity contribution in [3.63, 3.8) is 0 Å². The fraction of sp³-hybridized carbons (Fsp3) is 0.667. The fourth-order valence-corrected chi connectivity index (χ4v) is 3.95. The summed E-state index contributed by atoms with van der Waals surface area (Å²) in [4.78, 5) is 37.5. The van der Waals surface area contributed by atoms with Crippen LogP contribution in [0.4, 0.5) is 0 Å². The lowest BCUT2D eigenvalue weighted by Gasteiger charge is -2.30. The van der Waals surface area contributed by atoms with E-state index in [1.54, 1.807) is 0 Å². The Labute approximate surface area is 164 Å². The highest BCUT2D eigenvalue weighted by atomic mass is 32.7. The lowest BCUT2D eigenvalue weighted by atomic mass is 10.2. The molecule has 5 atom stereocenters. The quantitative estimate of drug-likeness (QED) is 0.416. The summed E-state index contributed by atoms with van der Waals surface area (Å²) in [5, 5.41) is 0. The van der Waals surface area contributed by atoms with E-state index in [1.807, 2.05) is 0 Å². The van der Waals surface area contributed by atoms with Crippen LogP contribution in [0.2, 0.25) is 0 Å². The second-order valence-electron chi connectivity index (χ2n) is 5.54. The van der Waals surface area contributed by atoms with E-state index < -0.39 is 43.2 Å². The van der Waals surface area contributed by atoms with Crippen molar-refractivity contribution in [2.24, 2.45) is 0 Å². The molecule has 2 rings (SSSR count). The van der Waals surface area contributed by atoms with E-state index in [1.165, 1.54) is 13.1 Å². The molecule has 27 heavy (non-hydrogen) atoms. The molecule has 1 aromatic heterocycles. The number of hydrogen-bond donors (Lipinski definition) is 1. The molecule has 2 heterocycles. The van der Waals surface area contributed by atoms with Gasteiger partial charge in [0.2, 0.25) is 0 Å². The van der Waals surface area contributed by atoms with Gasteiger partial charge in [-0.2, -0.15) is 0 Å². The van der Waals surface area contributed by atoms with Crippen molar-refractivity contribution in [1.29, 1.82) is 0 Å². The maximum Gasteiger partial charge on any atom is 0.330 e. The average Bonchev–Trinajstić information content (AvgIpc) is 2.98. The Morgan fingerprint density at radius 1 is 1.44 bits per heavy atom. The Hall–Kier alpha value is -0.330. The standard InChI is InChI=1S/C12H20N2O9P2S2/c1-7-5-14(12(16)13-11(7)15)10-4-8(23-25(18,27)20-3)9(22-10)6-21-24(17,26)19-2/h5,8-10H,4,6H2,1-3H3,(H,17,26)(H,18,27)(H,13,15,16)/p-2/t8?,9-,10-,24?,25?/m1/s1. The topological polar surface area (TPSA) is 141 Å². The lowest BCUT2D eigenvalue weighted by molar-refractivity contribution is -0.207. The third-order valence-electron chi connectivity index (χ3n) is 3.75. The van der Waals surface area contributed by atoms with E-state index in [2.05, 4.69) is 25.8 Å². The van der Waals surface area contributed by atoms with Crippen LogP contribution in [0.3, 0.4) is 0 Å². The van der Waals surface area contributed by atoms with E-state index in [-0.39, 0.29) is 18.6 Å². The molecule has 1 aliphatic heterocycles. The van der Waals surface area contributed by atoms with Gasteiger partial charge in [0.05, 0.1) is 12.7 Å². The van der Waals surface area contributed by atoms with Gasteiger partial charge in [-0.25, -0.2) is 4.79 Å². The fourth-order valence-electron chi connectivity index (χ4n) is 2.36. The summed E-state index contributed by atoms with van der Waals surface area (Å²) in [6.45, 7) is -6.33. The summed E-state index contributed by atoms with van der Waals surface area (Å²) in [5.74, 6) is 0. The number of aromatic amines is 1. The molecule has 1 aliphatic rings. The molecular formula is C12H18N2O9P2S2-2. The van der Waals surface area contributed by atoms with Crippen LogP contribution in [0.25, 0.3) is 0 Å². The zero-order chi connectivity index (χ0) is 20.4. The molecule has 0 amide bonds. The highest BCUT2D eigenvalue weighted by Gasteiger charge is 2.39. The molecule has 1 saturated heterocycles. The van der Waals surface area contributed by atoms with Gasteiger partial charge in [-0.05, 0) is 6.92 Å². The monoisotopic (exact) mass is 460 g/mol. The van der Waals surface area contributed by atoms with Gasteiger partial charge in [0, 0.05) is 32.4 Å². The van der Waals surface area contributed by atoms with Crippen molar-refractivity contribution >= 4 is 37.6 Å².